The number of nitrogens with zero attached hydrogens (tertiary/aromatic N) is 3. The van der Waals surface area contributed by atoms with Crippen LogP contribution in [0.4, 0.5) is 0 Å². The number of aryl methyl sites for hydroxylation is 1. The molecule has 1 N–H and O–H groups in total. The van der Waals surface area contributed by atoms with Crippen molar-refractivity contribution in [1.29, 1.82) is 0 Å². The summed E-state index contributed by atoms with van der Waals surface area (Å²) in [5.74, 6) is 0.589. The highest BCUT2D eigenvalue weighted by atomic mass is 35.5. The maximum atomic E-state index is 13.7. The van der Waals surface area contributed by atoms with Gasteiger partial charge in [-0.05, 0) is 83.6 Å². The molecule has 44 heavy (non-hydrogen) atoms. The number of rotatable bonds is 9. The number of aromatic nitrogens is 2. The third kappa shape index (κ3) is 6.32. The number of fused-ring (bicyclic) bond motifs is 1. The van der Waals surface area contributed by atoms with E-state index in [1.807, 2.05) is 25.1 Å². The van der Waals surface area contributed by atoms with Crippen molar-refractivity contribution in [2.75, 3.05) is 7.11 Å². The number of halogens is 2. The fourth-order valence-corrected chi connectivity index (χ4v) is 5.40. The van der Waals surface area contributed by atoms with E-state index in [0.717, 1.165) is 28.0 Å². The van der Waals surface area contributed by atoms with E-state index in [1.54, 1.807) is 49.6 Å². The van der Waals surface area contributed by atoms with Crippen LogP contribution in [0.25, 0.3) is 22.3 Å². The second-order valence-corrected chi connectivity index (χ2v) is 11.3. The summed E-state index contributed by atoms with van der Waals surface area (Å²) in [6, 6.07) is 20.7. The first-order chi connectivity index (χ1) is 21.1. The molecule has 0 saturated carbocycles. The van der Waals surface area contributed by atoms with Crippen LogP contribution in [0.2, 0.25) is 10.0 Å². The second kappa shape index (κ2) is 12.9. The molecule has 0 aliphatic heterocycles. The SMILES string of the molecule is COc1cc(C)c(-c2nc3ccccc3c(=O)n2N=Cc2cc(Cl)c(OCc3ccc(C(=O)O)cc3)c(Cl)c2)cc1C(C)C. The molecule has 5 rings (SSSR count). The van der Waals surface area contributed by atoms with Crippen LogP contribution in [0.3, 0.4) is 0 Å². The van der Waals surface area contributed by atoms with Gasteiger partial charge in [0.25, 0.3) is 5.56 Å². The lowest BCUT2D eigenvalue weighted by molar-refractivity contribution is 0.0697. The van der Waals surface area contributed by atoms with Gasteiger partial charge in [-0.25, -0.2) is 9.78 Å². The van der Waals surface area contributed by atoms with Crippen LogP contribution in [0.5, 0.6) is 11.5 Å². The standard InChI is InChI=1S/C34H29Cl2N3O5/c1-19(2)25-16-26(20(3)13-30(25)43-4)32-38-29-8-6-5-7-24(29)33(40)39(32)37-17-22-14-27(35)31(28(36)15-22)44-18-21-9-11-23(12-10-21)34(41)42/h5-17,19H,18H2,1-4H3,(H,41,42). The lowest BCUT2D eigenvalue weighted by Gasteiger charge is -2.17. The Labute approximate surface area is 264 Å². The predicted molar refractivity (Wildman–Crippen MR) is 174 cm³/mol. The molecule has 0 atom stereocenters. The zero-order valence-corrected chi connectivity index (χ0v) is 26.0. The average Bonchev–Trinajstić information content (AvgIpc) is 3.00. The predicted octanol–water partition coefficient (Wildman–Crippen LogP) is 7.97. The van der Waals surface area contributed by atoms with E-state index in [0.29, 0.717) is 22.3 Å². The highest BCUT2D eigenvalue weighted by Crippen LogP contribution is 2.36. The van der Waals surface area contributed by atoms with Crippen LogP contribution < -0.4 is 15.0 Å². The first-order valence-electron chi connectivity index (χ1n) is 13.8. The molecule has 1 heterocycles. The molecule has 0 radical (unpaired) electrons. The van der Waals surface area contributed by atoms with Crippen LogP contribution in [-0.4, -0.2) is 34.1 Å². The Morgan fingerprint density at radius 2 is 1.73 bits per heavy atom. The van der Waals surface area contributed by atoms with Crippen molar-refractivity contribution in [3.63, 3.8) is 0 Å². The van der Waals surface area contributed by atoms with Crippen LogP contribution in [0.1, 0.15) is 52.4 Å². The van der Waals surface area contributed by atoms with Crippen LogP contribution in [0, 0.1) is 6.92 Å². The summed E-state index contributed by atoms with van der Waals surface area (Å²) in [5, 5.41) is 14.6. The second-order valence-electron chi connectivity index (χ2n) is 10.5. The Balaban J connectivity index is 1.52. The first kappa shape index (κ1) is 30.8. The van der Waals surface area contributed by atoms with E-state index in [4.69, 9.17) is 42.8 Å². The van der Waals surface area contributed by atoms with Gasteiger partial charge in [0.05, 0.1) is 39.8 Å². The topological polar surface area (TPSA) is 103 Å². The highest BCUT2D eigenvalue weighted by Gasteiger charge is 2.19. The van der Waals surface area contributed by atoms with Crippen molar-refractivity contribution < 1.29 is 19.4 Å². The van der Waals surface area contributed by atoms with Crippen molar-refractivity contribution in [2.45, 2.75) is 33.3 Å². The summed E-state index contributed by atoms with van der Waals surface area (Å²) in [7, 11) is 1.64. The fourth-order valence-electron chi connectivity index (χ4n) is 4.79. The van der Waals surface area contributed by atoms with Crippen molar-refractivity contribution in [2.24, 2.45) is 5.10 Å². The molecule has 0 aliphatic rings. The van der Waals surface area contributed by atoms with E-state index in [-0.39, 0.29) is 39.4 Å². The van der Waals surface area contributed by atoms with Crippen molar-refractivity contribution in [1.82, 2.24) is 9.66 Å². The number of carbonyl (C=O) groups is 1. The quantitative estimate of drug-likeness (QED) is 0.166. The zero-order valence-electron chi connectivity index (χ0n) is 24.5. The molecule has 0 unspecified atom stereocenters. The van der Waals surface area contributed by atoms with Crippen molar-refractivity contribution in [3.8, 4) is 22.9 Å². The summed E-state index contributed by atoms with van der Waals surface area (Å²) in [6.45, 7) is 6.22. The van der Waals surface area contributed by atoms with Crippen molar-refractivity contribution >= 4 is 46.3 Å². The number of hydrogen-bond acceptors (Lipinski definition) is 6. The average molecular weight is 631 g/mol. The summed E-state index contributed by atoms with van der Waals surface area (Å²) < 4.78 is 12.8. The maximum absolute atomic E-state index is 13.7. The van der Waals surface area contributed by atoms with E-state index in [1.165, 1.54) is 23.0 Å². The minimum Gasteiger partial charge on any atom is -0.496 e. The molecule has 0 aliphatic carbocycles. The maximum Gasteiger partial charge on any atom is 0.335 e. The Kier molecular flexibility index (Phi) is 9.04. The third-order valence-electron chi connectivity index (χ3n) is 7.12. The number of para-hydroxylation sites is 1. The van der Waals surface area contributed by atoms with Crippen LogP contribution >= 0.6 is 23.2 Å². The molecule has 5 aromatic rings. The molecule has 1 aromatic heterocycles. The molecule has 8 nitrogen and oxygen atoms in total. The smallest absolute Gasteiger partial charge is 0.335 e. The number of carboxylic acids is 1. The zero-order chi connectivity index (χ0) is 31.5. The third-order valence-corrected chi connectivity index (χ3v) is 7.68. The van der Waals surface area contributed by atoms with Gasteiger partial charge >= 0.3 is 5.97 Å². The number of methoxy groups -OCH3 is 1. The van der Waals surface area contributed by atoms with E-state index in [9.17, 15) is 9.59 Å². The molecular weight excluding hydrogens is 601 g/mol. The molecule has 0 amide bonds. The molecule has 224 valence electrons. The number of hydrogen-bond donors (Lipinski definition) is 1. The highest BCUT2D eigenvalue weighted by molar-refractivity contribution is 6.37. The number of aromatic carboxylic acids is 1. The minimum absolute atomic E-state index is 0.133. The number of carboxylic acid groups (broad SMARTS) is 1. The molecule has 10 heteroatoms. The summed E-state index contributed by atoms with van der Waals surface area (Å²) in [6.07, 6.45) is 1.50. The lowest BCUT2D eigenvalue weighted by atomic mass is 9.96. The Morgan fingerprint density at radius 3 is 2.36 bits per heavy atom. The van der Waals surface area contributed by atoms with Crippen LogP contribution in [-0.2, 0) is 6.61 Å². The Bertz CT molecular complexity index is 1940. The van der Waals surface area contributed by atoms with Gasteiger partial charge in [-0.1, -0.05) is 61.3 Å². The van der Waals surface area contributed by atoms with Gasteiger partial charge in [0.2, 0.25) is 0 Å². The first-order valence-corrected chi connectivity index (χ1v) is 14.5. The van der Waals surface area contributed by atoms with Crippen LogP contribution in [0.15, 0.2) is 82.7 Å². The van der Waals surface area contributed by atoms with Gasteiger partial charge in [-0.2, -0.15) is 9.78 Å². The number of benzene rings is 4. The monoisotopic (exact) mass is 629 g/mol. The molecule has 0 fully saturated rings. The largest absolute Gasteiger partial charge is 0.496 e. The molecule has 0 spiro atoms. The van der Waals surface area contributed by atoms with Gasteiger partial charge in [0.1, 0.15) is 12.4 Å². The summed E-state index contributed by atoms with van der Waals surface area (Å²) >= 11 is 13.1. The lowest BCUT2D eigenvalue weighted by Crippen LogP contribution is -2.20. The minimum atomic E-state index is -1.01. The van der Waals surface area contributed by atoms with E-state index < -0.39 is 5.97 Å². The molecule has 0 saturated heterocycles. The summed E-state index contributed by atoms with van der Waals surface area (Å²) in [4.78, 5) is 29.7. The molecular formula is C34H29Cl2N3O5. The van der Waals surface area contributed by atoms with Crippen molar-refractivity contribution in [3.05, 3.63) is 121 Å². The van der Waals surface area contributed by atoms with E-state index >= 15 is 0 Å². The summed E-state index contributed by atoms with van der Waals surface area (Å²) in [5.41, 5.74) is 4.32. The van der Waals surface area contributed by atoms with E-state index in [2.05, 4.69) is 18.9 Å². The normalized spacial score (nSPS) is 11.4. The molecule has 4 aromatic carbocycles. The molecule has 0 bridgehead atoms. The van der Waals surface area contributed by atoms with Gasteiger partial charge in [-0.3, -0.25) is 4.79 Å². The fraction of sp³-hybridized carbons (Fsp3) is 0.176. The Hall–Kier alpha value is -4.66. The van der Waals surface area contributed by atoms with Gasteiger partial charge < -0.3 is 14.6 Å². The van der Waals surface area contributed by atoms with Gasteiger partial charge in [0.15, 0.2) is 11.6 Å². The number of ether oxygens (including phenoxy) is 2. The van der Waals surface area contributed by atoms with Gasteiger partial charge in [0, 0.05) is 5.56 Å². The van der Waals surface area contributed by atoms with Gasteiger partial charge in [-0.15, -0.1) is 0 Å². The Morgan fingerprint density at radius 1 is 1.05 bits per heavy atom.